The van der Waals surface area contributed by atoms with Gasteiger partial charge in [-0.1, -0.05) is 6.07 Å². The molecular formula is C13H18N2O3. The van der Waals surface area contributed by atoms with Crippen molar-refractivity contribution in [1.82, 2.24) is 10.3 Å². The minimum absolute atomic E-state index is 0.0401. The van der Waals surface area contributed by atoms with Crippen molar-refractivity contribution in [3.63, 3.8) is 0 Å². The Hall–Kier alpha value is -1.91. The highest BCUT2D eigenvalue weighted by molar-refractivity contribution is 5.84. The first-order valence-electron chi connectivity index (χ1n) is 5.73. The van der Waals surface area contributed by atoms with Crippen molar-refractivity contribution in [2.45, 2.75) is 33.7 Å². The van der Waals surface area contributed by atoms with Gasteiger partial charge < -0.3 is 10.4 Å². The van der Waals surface area contributed by atoms with Gasteiger partial charge in [0.15, 0.2) is 0 Å². The van der Waals surface area contributed by atoms with Crippen LogP contribution in [0, 0.1) is 12.3 Å². The monoisotopic (exact) mass is 250 g/mol. The zero-order valence-corrected chi connectivity index (χ0v) is 10.9. The second-order valence-electron chi connectivity index (χ2n) is 4.95. The Morgan fingerprint density at radius 1 is 1.39 bits per heavy atom. The Bertz CT molecular complexity index is 438. The van der Waals surface area contributed by atoms with E-state index in [0.29, 0.717) is 6.54 Å². The second-order valence-corrected chi connectivity index (χ2v) is 4.95. The summed E-state index contributed by atoms with van der Waals surface area (Å²) in [5, 5.41) is 11.6. The molecule has 0 fully saturated rings. The maximum absolute atomic E-state index is 11.6. The molecule has 1 aromatic rings. The summed E-state index contributed by atoms with van der Waals surface area (Å²) < 4.78 is 0. The van der Waals surface area contributed by atoms with Crippen LogP contribution in [0.5, 0.6) is 0 Å². The van der Waals surface area contributed by atoms with E-state index in [-0.39, 0.29) is 12.3 Å². The lowest BCUT2D eigenvalue weighted by atomic mass is 9.89. The summed E-state index contributed by atoms with van der Waals surface area (Å²) in [6.07, 6.45) is 1.65. The summed E-state index contributed by atoms with van der Waals surface area (Å²) in [6, 6.07) is 3.74. The number of carboxylic acid groups (broad SMARTS) is 1. The molecule has 0 aliphatic heterocycles. The first-order valence-corrected chi connectivity index (χ1v) is 5.73. The molecule has 1 rings (SSSR count). The van der Waals surface area contributed by atoms with Crippen LogP contribution in [-0.4, -0.2) is 22.0 Å². The van der Waals surface area contributed by atoms with Crippen LogP contribution >= 0.6 is 0 Å². The summed E-state index contributed by atoms with van der Waals surface area (Å²) in [5.74, 6) is -1.25. The Kier molecular flexibility index (Phi) is 4.42. The smallest absolute Gasteiger partial charge is 0.309 e. The number of carbonyl (C=O) groups is 2. The maximum Gasteiger partial charge on any atom is 0.309 e. The molecule has 1 amide bonds. The first-order chi connectivity index (χ1) is 8.31. The molecular weight excluding hydrogens is 232 g/mol. The number of rotatable bonds is 5. The number of aryl methyl sites for hydroxylation is 1. The van der Waals surface area contributed by atoms with Crippen LogP contribution in [0.25, 0.3) is 0 Å². The zero-order chi connectivity index (χ0) is 13.8. The van der Waals surface area contributed by atoms with Gasteiger partial charge in [0.2, 0.25) is 5.91 Å². The molecule has 0 aliphatic carbocycles. The molecule has 2 N–H and O–H groups in total. The average molecular weight is 250 g/mol. The van der Waals surface area contributed by atoms with E-state index in [1.54, 1.807) is 6.20 Å². The molecule has 0 atom stereocenters. The molecule has 0 unspecified atom stereocenters. The molecule has 1 aromatic heterocycles. The number of hydrogen-bond donors (Lipinski definition) is 2. The third kappa shape index (κ3) is 4.16. The first kappa shape index (κ1) is 14.2. The molecule has 5 heteroatoms. The van der Waals surface area contributed by atoms with Crippen LogP contribution in [0.15, 0.2) is 18.3 Å². The van der Waals surface area contributed by atoms with E-state index < -0.39 is 11.4 Å². The molecule has 0 radical (unpaired) electrons. The van der Waals surface area contributed by atoms with Crippen molar-refractivity contribution in [2.75, 3.05) is 0 Å². The predicted octanol–water partition coefficient (Wildman–Crippen LogP) is 1.51. The van der Waals surface area contributed by atoms with Crippen molar-refractivity contribution in [1.29, 1.82) is 0 Å². The molecule has 0 bridgehead atoms. The van der Waals surface area contributed by atoms with Crippen molar-refractivity contribution in [3.8, 4) is 0 Å². The van der Waals surface area contributed by atoms with Gasteiger partial charge in [0.1, 0.15) is 0 Å². The topological polar surface area (TPSA) is 79.3 Å². The SMILES string of the molecule is Cc1ccc(CNC(=O)CC(C)(C)C(=O)O)cn1. The number of amides is 1. The van der Waals surface area contributed by atoms with Gasteiger partial charge in [-0.05, 0) is 32.4 Å². The summed E-state index contributed by atoms with van der Waals surface area (Å²) in [4.78, 5) is 26.6. The molecule has 18 heavy (non-hydrogen) atoms. The van der Waals surface area contributed by atoms with Gasteiger partial charge in [-0.25, -0.2) is 0 Å². The molecule has 0 aromatic carbocycles. The van der Waals surface area contributed by atoms with Crippen LogP contribution in [0.2, 0.25) is 0 Å². The van der Waals surface area contributed by atoms with Crippen molar-refractivity contribution in [2.24, 2.45) is 5.41 Å². The zero-order valence-electron chi connectivity index (χ0n) is 10.9. The summed E-state index contributed by atoms with van der Waals surface area (Å²) in [6.45, 7) is 5.31. The molecule has 0 spiro atoms. The lowest BCUT2D eigenvalue weighted by molar-refractivity contribution is -0.149. The van der Waals surface area contributed by atoms with Crippen LogP contribution in [-0.2, 0) is 16.1 Å². The molecule has 0 saturated carbocycles. The highest BCUT2D eigenvalue weighted by Gasteiger charge is 2.29. The number of aromatic nitrogens is 1. The fourth-order valence-corrected chi connectivity index (χ4v) is 1.34. The predicted molar refractivity (Wildman–Crippen MR) is 66.9 cm³/mol. The normalized spacial score (nSPS) is 11.1. The molecule has 5 nitrogen and oxygen atoms in total. The Balaban J connectivity index is 2.47. The van der Waals surface area contributed by atoms with Crippen LogP contribution in [0.3, 0.4) is 0 Å². The molecule has 0 saturated heterocycles. The lowest BCUT2D eigenvalue weighted by Crippen LogP contribution is -2.33. The summed E-state index contributed by atoms with van der Waals surface area (Å²) in [7, 11) is 0. The minimum atomic E-state index is -1.05. The summed E-state index contributed by atoms with van der Waals surface area (Å²) in [5.41, 5.74) is 0.759. The number of aliphatic carboxylic acids is 1. The highest BCUT2D eigenvalue weighted by Crippen LogP contribution is 2.20. The van der Waals surface area contributed by atoms with Gasteiger partial charge in [-0.15, -0.1) is 0 Å². The average Bonchev–Trinajstić information content (AvgIpc) is 2.27. The van der Waals surface area contributed by atoms with Gasteiger partial charge in [-0.3, -0.25) is 14.6 Å². The fraction of sp³-hybridized carbons (Fsp3) is 0.462. The van der Waals surface area contributed by atoms with Crippen molar-refractivity contribution in [3.05, 3.63) is 29.6 Å². The fourth-order valence-electron chi connectivity index (χ4n) is 1.34. The third-order valence-electron chi connectivity index (χ3n) is 2.64. The highest BCUT2D eigenvalue weighted by atomic mass is 16.4. The van der Waals surface area contributed by atoms with E-state index in [4.69, 9.17) is 5.11 Å². The number of carboxylic acids is 1. The molecule has 98 valence electrons. The number of pyridine rings is 1. The lowest BCUT2D eigenvalue weighted by Gasteiger charge is -2.18. The van der Waals surface area contributed by atoms with E-state index in [0.717, 1.165) is 11.3 Å². The molecule has 0 aliphatic rings. The van der Waals surface area contributed by atoms with Gasteiger partial charge in [0.05, 0.1) is 5.41 Å². The Morgan fingerprint density at radius 2 is 2.06 bits per heavy atom. The van der Waals surface area contributed by atoms with E-state index in [2.05, 4.69) is 10.3 Å². The van der Waals surface area contributed by atoms with Crippen molar-refractivity contribution >= 4 is 11.9 Å². The maximum atomic E-state index is 11.6. The van der Waals surface area contributed by atoms with Gasteiger partial charge in [0.25, 0.3) is 0 Å². The number of nitrogens with one attached hydrogen (secondary N) is 1. The number of nitrogens with zero attached hydrogens (tertiary/aromatic N) is 1. The van der Waals surface area contributed by atoms with Crippen molar-refractivity contribution < 1.29 is 14.7 Å². The standard InChI is InChI=1S/C13H18N2O3/c1-9-4-5-10(7-14-9)8-15-11(16)6-13(2,3)12(17)18/h4-5,7H,6,8H2,1-3H3,(H,15,16)(H,17,18). The van der Waals surface area contributed by atoms with Crippen LogP contribution in [0.1, 0.15) is 31.5 Å². The summed E-state index contributed by atoms with van der Waals surface area (Å²) >= 11 is 0. The van der Waals surface area contributed by atoms with Crippen LogP contribution < -0.4 is 5.32 Å². The van der Waals surface area contributed by atoms with E-state index in [9.17, 15) is 9.59 Å². The van der Waals surface area contributed by atoms with E-state index >= 15 is 0 Å². The number of carbonyl (C=O) groups excluding carboxylic acids is 1. The van der Waals surface area contributed by atoms with Gasteiger partial charge in [-0.2, -0.15) is 0 Å². The Labute approximate surface area is 106 Å². The Morgan fingerprint density at radius 3 is 2.56 bits per heavy atom. The van der Waals surface area contributed by atoms with E-state index in [1.165, 1.54) is 13.8 Å². The van der Waals surface area contributed by atoms with Gasteiger partial charge in [0, 0.05) is 24.9 Å². The number of hydrogen-bond acceptors (Lipinski definition) is 3. The quantitative estimate of drug-likeness (QED) is 0.830. The van der Waals surface area contributed by atoms with Crippen LogP contribution in [0.4, 0.5) is 0 Å². The molecule has 1 heterocycles. The third-order valence-corrected chi connectivity index (χ3v) is 2.64. The van der Waals surface area contributed by atoms with E-state index in [1.807, 2.05) is 19.1 Å². The largest absolute Gasteiger partial charge is 0.481 e. The minimum Gasteiger partial charge on any atom is -0.481 e. The van der Waals surface area contributed by atoms with Gasteiger partial charge >= 0.3 is 5.97 Å². The second kappa shape index (κ2) is 5.62.